The Morgan fingerprint density at radius 3 is 2.74 bits per heavy atom. The number of fused-ring (bicyclic) bond motifs is 1. The van der Waals surface area contributed by atoms with Gasteiger partial charge in [-0.2, -0.15) is 0 Å². The molecule has 0 aromatic carbocycles. The van der Waals surface area contributed by atoms with E-state index in [1.165, 1.54) is 19.4 Å². The summed E-state index contributed by atoms with van der Waals surface area (Å²) in [5, 5.41) is 0. The standard InChI is InChI=1S/C18H30N4O/c1-13-10-21-8-6-7-15(21)11-22(13)16-9-14(12-23-5)19-17(20-16)18(2,3)4/h9,13,15H,6-8,10-12H2,1-5H3. The third-order valence-electron chi connectivity index (χ3n) is 4.96. The predicted molar refractivity (Wildman–Crippen MR) is 92.8 cm³/mol. The van der Waals surface area contributed by atoms with Crippen LogP contribution in [0.3, 0.4) is 0 Å². The second kappa shape index (κ2) is 6.36. The van der Waals surface area contributed by atoms with Crippen molar-refractivity contribution in [2.45, 2.75) is 64.6 Å². The Morgan fingerprint density at radius 1 is 1.26 bits per heavy atom. The zero-order valence-corrected chi connectivity index (χ0v) is 15.2. The molecule has 2 aliphatic rings. The van der Waals surface area contributed by atoms with Gasteiger partial charge in [-0.3, -0.25) is 4.90 Å². The van der Waals surface area contributed by atoms with Gasteiger partial charge in [0, 0.05) is 43.8 Å². The summed E-state index contributed by atoms with van der Waals surface area (Å²) in [6.07, 6.45) is 2.64. The van der Waals surface area contributed by atoms with Crippen LogP contribution in [0.15, 0.2) is 6.07 Å². The largest absolute Gasteiger partial charge is 0.378 e. The molecule has 0 spiro atoms. The van der Waals surface area contributed by atoms with E-state index in [-0.39, 0.29) is 5.41 Å². The van der Waals surface area contributed by atoms with Gasteiger partial charge >= 0.3 is 0 Å². The minimum absolute atomic E-state index is 0.0586. The molecule has 0 aliphatic carbocycles. The van der Waals surface area contributed by atoms with Crippen molar-refractivity contribution >= 4 is 5.82 Å². The zero-order valence-electron chi connectivity index (χ0n) is 15.2. The lowest BCUT2D eigenvalue weighted by Gasteiger charge is -2.43. The van der Waals surface area contributed by atoms with Crippen molar-refractivity contribution in [3.05, 3.63) is 17.6 Å². The number of piperazine rings is 1. The summed E-state index contributed by atoms with van der Waals surface area (Å²) in [6, 6.07) is 3.28. The van der Waals surface area contributed by atoms with Gasteiger partial charge < -0.3 is 9.64 Å². The number of nitrogens with zero attached hydrogens (tertiary/aromatic N) is 4. The number of ether oxygens (including phenoxy) is 1. The molecule has 128 valence electrons. The maximum absolute atomic E-state index is 5.32. The summed E-state index contributed by atoms with van der Waals surface area (Å²) in [4.78, 5) is 14.7. The van der Waals surface area contributed by atoms with Gasteiger partial charge in [0.2, 0.25) is 0 Å². The molecule has 2 fully saturated rings. The first-order valence-corrected chi connectivity index (χ1v) is 8.76. The minimum atomic E-state index is -0.0586. The summed E-state index contributed by atoms with van der Waals surface area (Å²) in [5.41, 5.74) is 0.917. The SMILES string of the molecule is COCc1cc(N2CC3CCCN3CC2C)nc(C(C)(C)C)n1. The third-order valence-corrected chi connectivity index (χ3v) is 4.96. The number of hydrogen-bond donors (Lipinski definition) is 0. The summed E-state index contributed by atoms with van der Waals surface area (Å²) >= 11 is 0. The Hall–Kier alpha value is -1.20. The number of methoxy groups -OCH3 is 1. The van der Waals surface area contributed by atoms with Crippen LogP contribution in [0.4, 0.5) is 5.82 Å². The van der Waals surface area contributed by atoms with Crippen LogP contribution < -0.4 is 4.90 Å². The molecule has 0 N–H and O–H groups in total. The van der Waals surface area contributed by atoms with Crippen LogP contribution in [0, 0.1) is 0 Å². The fourth-order valence-electron chi connectivity index (χ4n) is 3.69. The molecule has 0 bridgehead atoms. The Labute approximate surface area is 140 Å². The van der Waals surface area contributed by atoms with Gasteiger partial charge in [0.25, 0.3) is 0 Å². The lowest BCUT2D eigenvalue weighted by molar-refractivity contribution is 0.180. The zero-order chi connectivity index (χ0) is 16.6. The average Bonchev–Trinajstić information content (AvgIpc) is 2.92. The summed E-state index contributed by atoms with van der Waals surface area (Å²) in [5.74, 6) is 1.97. The molecule has 1 aromatic rings. The molecule has 2 unspecified atom stereocenters. The summed E-state index contributed by atoms with van der Waals surface area (Å²) in [6.45, 7) is 12.8. The van der Waals surface area contributed by atoms with Crippen molar-refractivity contribution in [3.8, 4) is 0 Å². The molecular formula is C18H30N4O. The van der Waals surface area contributed by atoms with Gasteiger partial charge in [-0.15, -0.1) is 0 Å². The number of rotatable bonds is 3. The highest BCUT2D eigenvalue weighted by molar-refractivity contribution is 5.43. The van der Waals surface area contributed by atoms with Crippen molar-refractivity contribution in [1.82, 2.24) is 14.9 Å². The second-order valence-corrected chi connectivity index (χ2v) is 8.02. The topological polar surface area (TPSA) is 41.5 Å². The lowest BCUT2D eigenvalue weighted by atomic mass is 9.95. The third kappa shape index (κ3) is 3.50. The van der Waals surface area contributed by atoms with Crippen LogP contribution in [-0.4, -0.2) is 53.7 Å². The van der Waals surface area contributed by atoms with E-state index in [9.17, 15) is 0 Å². The van der Waals surface area contributed by atoms with Crippen LogP contribution in [-0.2, 0) is 16.8 Å². The first kappa shape index (κ1) is 16.7. The van der Waals surface area contributed by atoms with E-state index >= 15 is 0 Å². The van der Waals surface area contributed by atoms with E-state index in [1.807, 2.05) is 0 Å². The highest BCUT2D eigenvalue weighted by Crippen LogP contribution is 2.29. The molecule has 2 aliphatic heterocycles. The smallest absolute Gasteiger partial charge is 0.136 e. The van der Waals surface area contributed by atoms with E-state index in [1.54, 1.807) is 7.11 Å². The monoisotopic (exact) mass is 318 g/mol. The molecule has 0 amide bonds. The van der Waals surface area contributed by atoms with Crippen LogP contribution >= 0.6 is 0 Å². The molecule has 2 atom stereocenters. The Bertz CT molecular complexity index is 554. The van der Waals surface area contributed by atoms with Crippen LogP contribution in [0.5, 0.6) is 0 Å². The number of anilines is 1. The van der Waals surface area contributed by atoms with Gasteiger partial charge in [0.1, 0.15) is 11.6 Å². The van der Waals surface area contributed by atoms with E-state index in [0.717, 1.165) is 30.4 Å². The maximum Gasteiger partial charge on any atom is 0.136 e. The molecule has 23 heavy (non-hydrogen) atoms. The van der Waals surface area contributed by atoms with Crippen molar-refractivity contribution in [3.63, 3.8) is 0 Å². The van der Waals surface area contributed by atoms with Crippen molar-refractivity contribution in [2.24, 2.45) is 0 Å². The number of hydrogen-bond acceptors (Lipinski definition) is 5. The molecule has 2 saturated heterocycles. The molecule has 0 radical (unpaired) electrons. The average molecular weight is 318 g/mol. The molecule has 1 aromatic heterocycles. The Morgan fingerprint density at radius 2 is 2.04 bits per heavy atom. The fraction of sp³-hybridized carbons (Fsp3) is 0.778. The highest BCUT2D eigenvalue weighted by atomic mass is 16.5. The molecule has 3 heterocycles. The van der Waals surface area contributed by atoms with E-state index in [0.29, 0.717) is 18.7 Å². The molecule has 5 heteroatoms. The fourth-order valence-corrected chi connectivity index (χ4v) is 3.69. The van der Waals surface area contributed by atoms with Crippen LogP contribution in [0.25, 0.3) is 0 Å². The van der Waals surface area contributed by atoms with Crippen LogP contribution in [0.2, 0.25) is 0 Å². The molecule has 3 rings (SSSR count). The van der Waals surface area contributed by atoms with E-state index in [4.69, 9.17) is 14.7 Å². The molecule has 5 nitrogen and oxygen atoms in total. The van der Waals surface area contributed by atoms with Crippen LogP contribution in [0.1, 0.15) is 52.1 Å². The van der Waals surface area contributed by atoms with E-state index < -0.39 is 0 Å². The van der Waals surface area contributed by atoms with Gasteiger partial charge in [-0.1, -0.05) is 20.8 Å². The van der Waals surface area contributed by atoms with Gasteiger partial charge in [0.05, 0.1) is 12.3 Å². The van der Waals surface area contributed by atoms with E-state index in [2.05, 4.69) is 43.6 Å². The van der Waals surface area contributed by atoms with Crippen molar-refractivity contribution < 1.29 is 4.74 Å². The highest BCUT2D eigenvalue weighted by Gasteiger charge is 2.35. The maximum atomic E-state index is 5.32. The van der Waals surface area contributed by atoms with Crippen molar-refractivity contribution in [2.75, 3.05) is 31.6 Å². The minimum Gasteiger partial charge on any atom is -0.378 e. The predicted octanol–water partition coefficient (Wildman–Crippen LogP) is 2.59. The lowest BCUT2D eigenvalue weighted by Crippen LogP contribution is -2.55. The van der Waals surface area contributed by atoms with Gasteiger partial charge in [-0.25, -0.2) is 9.97 Å². The van der Waals surface area contributed by atoms with Gasteiger partial charge in [-0.05, 0) is 26.3 Å². The number of aromatic nitrogens is 2. The first-order chi connectivity index (χ1) is 10.9. The summed E-state index contributed by atoms with van der Waals surface area (Å²) in [7, 11) is 1.72. The quantitative estimate of drug-likeness (QED) is 0.857. The molecule has 0 saturated carbocycles. The summed E-state index contributed by atoms with van der Waals surface area (Å²) < 4.78 is 5.32. The Balaban J connectivity index is 1.92. The van der Waals surface area contributed by atoms with Gasteiger partial charge in [0.15, 0.2) is 0 Å². The van der Waals surface area contributed by atoms with Crippen molar-refractivity contribution in [1.29, 1.82) is 0 Å². The Kier molecular flexibility index (Phi) is 4.61. The molecular weight excluding hydrogens is 288 g/mol. The normalized spacial score (nSPS) is 25.7. The first-order valence-electron chi connectivity index (χ1n) is 8.76. The second-order valence-electron chi connectivity index (χ2n) is 8.02.